The molecule has 34 heavy (non-hydrogen) atoms. The summed E-state index contributed by atoms with van der Waals surface area (Å²) in [5, 5.41) is 3.02. The third kappa shape index (κ3) is 6.25. The maximum atomic E-state index is 12.8. The second kappa shape index (κ2) is 10.1. The van der Waals surface area contributed by atoms with Crippen LogP contribution < -0.4 is 10.7 Å². The Bertz CT molecular complexity index is 1140. The maximum absolute atomic E-state index is 12.8. The van der Waals surface area contributed by atoms with Crippen LogP contribution in [-0.2, 0) is 25.3 Å². The molecule has 1 atom stereocenters. The SMILES string of the molecule is Cc1cccc(C(=O)NN2C[C@@H](C(=O)OCC(=O)Nc3cc(C(F)(F)F)ccc3Cl)CC2=O)c1. The van der Waals surface area contributed by atoms with E-state index in [2.05, 4.69) is 10.7 Å². The molecule has 0 aromatic heterocycles. The lowest BCUT2D eigenvalue weighted by molar-refractivity contribution is -0.151. The van der Waals surface area contributed by atoms with Crippen molar-refractivity contribution in [3.8, 4) is 0 Å². The third-order valence-corrected chi connectivity index (χ3v) is 5.22. The average molecular weight is 498 g/mol. The highest BCUT2D eigenvalue weighted by Gasteiger charge is 2.37. The van der Waals surface area contributed by atoms with Gasteiger partial charge in [-0.15, -0.1) is 0 Å². The van der Waals surface area contributed by atoms with Crippen molar-refractivity contribution in [3.05, 3.63) is 64.2 Å². The number of anilines is 1. The zero-order valence-electron chi connectivity index (χ0n) is 17.7. The molecule has 3 amide bonds. The van der Waals surface area contributed by atoms with Crippen LogP contribution in [0.5, 0.6) is 0 Å². The summed E-state index contributed by atoms with van der Waals surface area (Å²) in [7, 11) is 0. The number of carbonyl (C=O) groups excluding carboxylic acids is 4. The van der Waals surface area contributed by atoms with Crippen LogP contribution in [0.1, 0.15) is 27.9 Å². The topological polar surface area (TPSA) is 105 Å². The van der Waals surface area contributed by atoms with Crippen molar-refractivity contribution in [1.82, 2.24) is 10.4 Å². The average Bonchev–Trinajstić information content (AvgIpc) is 3.13. The lowest BCUT2D eigenvalue weighted by atomic mass is 10.1. The Morgan fingerprint density at radius 3 is 2.59 bits per heavy atom. The van der Waals surface area contributed by atoms with Crippen molar-refractivity contribution in [2.24, 2.45) is 5.92 Å². The molecule has 180 valence electrons. The molecule has 0 unspecified atom stereocenters. The maximum Gasteiger partial charge on any atom is 0.416 e. The van der Waals surface area contributed by atoms with Gasteiger partial charge in [-0.2, -0.15) is 13.2 Å². The molecule has 1 fully saturated rings. The zero-order valence-corrected chi connectivity index (χ0v) is 18.5. The van der Waals surface area contributed by atoms with E-state index in [0.717, 1.165) is 22.7 Å². The number of carbonyl (C=O) groups is 4. The lowest BCUT2D eigenvalue weighted by Crippen LogP contribution is -2.43. The Kier molecular flexibility index (Phi) is 7.45. The van der Waals surface area contributed by atoms with Crippen molar-refractivity contribution >= 4 is 41.0 Å². The van der Waals surface area contributed by atoms with Crippen molar-refractivity contribution in [3.63, 3.8) is 0 Å². The van der Waals surface area contributed by atoms with Crippen LogP contribution in [0.4, 0.5) is 18.9 Å². The molecule has 0 spiro atoms. The molecular weight excluding hydrogens is 479 g/mol. The third-order valence-electron chi connectivity index (χ3n) is 4.89. The lowest BCUT2D eigenvalue weighted by Gasteiger charge is -2.17. The molecule has 0 aliphatic carbocycles. The first-order valence-electron chi connectivity index (χ1n) is 9.95. The van der Waals surface area contributed by atoms with E-state index in [0.29, 0.717) is 11.6 Å². The number of nitrogens with zero attached hydrogens (tertiary/aromatic N) is 1. The number of rotatable bonds is 6. The Balaban J connectivity index is 1.52. The van der Waals surface area contributed by atoms with Gasteiger partial charge >= 0.3 is 12.1 Å². The number of alkyl halides is 3. The zero-order chi connectivity index (χ0) is 25.0. The minimum atomic E-state index is -4.63. The molecule has 0 radical (unpaired) electrons. The van der Waals surface area contributed by atoms with E-state index in [-0.39, 0.29) is 23.7 Å². The summed E-state index contributed by atoms with van der Waals surface area (Å²) in [5.74, 6) is -3.75. The summed E-state index contributed by atoms with van der Waals surface area (Å²) in [6.07, 6.45) is -4.87. The minimum Gasteiger partial charge on any atom is -0.455 e. The fourth-order valence-electron chi connectivity index (χ4n) is 3.19. The number of hydrazine groups is 1. The van der Waals surface area contributed by atoms with Crippen LogP contribution in [0.3, 0.4) is 0 Å². The van der Waals surface area contributed by atoms with E-state index in [1.807, 2.05) is 0 Å². The van der Waals surface area contributed by atoms with E-state index in [4.69, 9.17) is 16.3 Å². The highest BCUT2D eigenvalue weighted by molar-refractivity contribution is 6.33. The number of halogens is 4. The van der Waals surface area contributed by atoms with E-state index in [1.54, 1.807) is 31.2 Å². The molecule has 1 aliphatic heterocycles. The molecule has 1 heterocycles. The van der Waals surface area contributed by atoms with Crippen LogP contribution in [0.15, 0.2) is 42.5 Å². The Labute approximate surface area is 197 Å². The second-order valence-corrected chi connectivity index (χ2v) is 7.97. The predicted octanol–water partition coefficient (Wildman–Crippen LogP) is 3.34. The molecular formula is C22H19ClF3N3O5. The van der Waals surface area contributed by atoms with Gasteiger partial charge in [0.1, 0.15) is 0 Å². The molecule has 8 nitrogen and oxygen atoms in total. The molecule has 1 aliphatic rings. The van der Waals surface area contributed by atoms with Gasteiger partial charge < -0.3 is 10.1 Å². The summed E-state index contributed by atoms with van der Waals surface area (Å²) >= 11 is 5.82. The summed E-state index contributed by atoms with van der Waals surface area (Å²) in [6.45, 7) is 0.850. The van der Waals surface area contributed by atoms with Crippen molar-refractivity contribution < 1.29 is 37.1 Å². The first kappa shape index (κ1) is 25.0. The van der Waals surface area contributed by atoms with E-state index < -0.39 is 48.0 Å². The molecule has 3 rings (SSSR count). The Morgan fingerprint density at radius 1 is 1.18 bits per heavy atom. The summed E-state index contributed by atoms with van der Waals surface area (Å²) in [4.78, 5) is 48.8. The van der Waals surface area contributed by atoms with Crippen molar-refractivity contribution in [2.45, 2.75) is 19.5 Å². The minimum absolute atomic E-state index is 0.131. The Hall–Kier alpha value is -3.60. The number of amides is 3. The monoisotopic (exact) mass is 497 g/mol. The van der Waals surface area contributed by atoms with Crippen LogP contribution in [-0.4, -0.2) is 41.9 Å². The van der Waals surface area contributed by atoms with Gasteiger partial charge in [-0.05, 0) is 37.3 Å². The number of hydrogen-bond donors (Lipinski definition) is 2. The highest BCUT2D eigenvalue weighted by Crippen LogP contribution is 2.33. The number of benzene rings is 2. The predicted molar refractivity (Wildman–Crippen MR) is 115 cm³/mol. The van der Waals surface area contributed by atoms with E-state index >= 15 is 0 Å². The molecule has 2 N–H and O–H groups in total. The van der Waals surface area contributed by atoms with Gasteiger partial charge in [0.05, 0.1) is 28.7 Å². The Morgan fingerprint density at radius 2 is 1.91 bits per heavy atom. The van der Waals surface area contributed by atoms with E-state index in [1.165, 1.54) is 0 Å². The van der Waals surface area contributed by atoms with Crippen LogP contribution in [0.25, 0.3) is 0 Å². The van der Waals surface area contributed by atoms with Crippen molar-refractivity contribution in [1.29, 1.82) is 0 Å². The fraction of sp³-hybridized carbons (Fsp3) is 0.273. The molecule has 0 bridgehead atoms. The van der Waals surface area contributed by atoms with Crippen LogP contribution in [0.2, 0.25) is 5.02 Å². The second-order valence-electron chi connectivity index (χ2n) is 7.56. The smallest absolute Gasteiger partial charge is 0.416 e. The first-order valence-corrected chi connectivity index (χ1v) is 10.3. The highest BCUT2D eigenvalue weighted by atomic mass is 35.5. The molecule has 0 saturated carbocycles. The largest absolute Gasteiger partial charge is 0.455 e. The van der Waals surface area contributed by atoms with Gasteiger partial charge in [0, 0.05) is 12.0 Å². The number of esters is 1. The van der Waals surface area contributed by atoms with Crippen LogP contribution >= 0.6 is 11.6 Å². The van der Waals surface area contributed by atoms with E-state index in [9.17, 15) is 32.3 Å². The number of hydrogen-bond acceptors (Lipinski definition) is 5. The quantitative estimate of drug-likeness (QED) is 0.596. The standard InChI is InChI=1S/C22H19ClF3N3O5/c1-12-3-2-4-13(7-12)20(32)28-29-10-14(8-19(29)31)21(33)34-11-18(30)27-17-9-15(22(24,25)26)5-6-16(17)23/h2-7,9,14H,8,10-11H2,1H3,(H,27,30)(H,28,32)/t14-/m0/s1. The normalized spacial score (nSPS) is 15.7. The molecule has 2 aromatic rings. The first-order chi connectivity index (χ1) is 15.9. The number of ether oxygens (including phenoxy) is 1. The molecule has 1 saturated heterocycles. The van der Waals surface area contributed by atoms with Crippen molar-refractivity contribution in [2.75, 3.05) is 18.5 Å². The number of nitrogens with one attached hydrogen (secondary N) is 2. The summed E-state index contributed by atoms with van der Waals surface area (Å²) in [5.41, 5.74) is 2.31. The number of aryl methyl sites for hydroxylation is 1. The van der Waals surface area contributed by atoms with Gasteiger partial charge in [0.2, 0.25) is 5.91 Å². The summed E-state index contributed by atoms with van der Waals surface area (Å²) in [6, 6.07) is 9.11. The molecule has 2 aromatic carbocycles. The van der Waals surface area contributed by atoms with Gasteiger partial charge in [-0.3, -0.25) is 29.6 Å². The van der Waals surface area contributed by atoms with Gasteiger partial charge in [0.15, 0.2) is 6.61 Å². The van der Waals surface area contributed by atoms with Gasteiger partial charge in [-0.1, -0.05) is 29.3 Å². The van der Waals surface area contributed by atoms with Crippen LogP contribution in [0, 0.1) is 12.8 Å². The van der Waals surface area contributed by atoms with Gasteiger partial charge in [-0.25, -0.2) is 0 Å². The summed E-state index contributed by atoms with van der Waals surface area (Å²) < 4.78 is 43.4. The van der Waals surface area contributed by atoms with Gasteiger partial charge in [0.25, 0.3) is 11.8 Å². The molecule has 12 heteroatoms. The fourth-order valence-corrected chi connectivity index (χ4v) is 3.35.